The Morgan fingerprint density at radius 2 is 2.24 bits per heavy atom. The van der Waals surface area contributed by atoms with E-state index in [0.29, 0.717) is 29.1 Å². The molecule has 0 aliphatic rings. The van der Waals surface area contributed by atoms with E-state index in [1.54, 1.807) is 28.6 Å². The largest absolute Gasteiger partial charge is 0.377 e. The molecule has 7 nitrogen and oxygen atoms in total. The van der Waals surface area contributed by atoms with Gasteiger partial charge in [0.05, 0.1) is 10.9 Å². The maximum Gasteiger partial charge on any atom is 0.261 e. The van der Waals surface area contributed by atoms with Gasteiger partial charge in [0.2, 0.25) is 0 Å². The van der Waals surface area contributed by atoms with Crippen LogP contribution in [0.2, 0.25) is 0 Å². The van der Waals surface area contributed by atoms with Gasteiger partial charge in [-0.1, -0.05) is 13.3 Å². The van der Waals surface area contributed by atoms with Gasteiger partial charge in [-0.25, -0.2) is 4.98 Å². The van der Waals surface area contributed by atoms with Gasteiger partial charge in [-0.15, -0.1) is 5.10 Å². The van der Waals surface area contributed by atoms with E-state index in [9.17, 15) is 4.79 Å². The quantitative estimate of drug-likeness (QED) is 0.709. The standard InChI is InChI=1S/C14H17N5O2/c1-3-4-6-18-7-5-11-10(13(18)20)8-15-14-16-12(9-21-2)17-19(11)14/h5,7-8H,3-4,6,9H2,1-2H3. The molecule has 0 N–H and O–H groups in total. The van der Waals surface area contributed by atoms with Crippen LogP contribution in [0.4, 0.5) is 0 Å². The lowest BCUT2D eigenvalue weighted by atomic mass is 10.3. The van der Waals surface area contributed by atoms with Crippen LogP contribution in [-0.4, -0.2) is 31.3 Å². The van der Waals surface area contributed by atoms with Crippen LogP contribution in [0.3, 0.4) is 0 Å². The van der Waals surface area contributed by atoms with Crippen LogP contribution in [0.5, 0.6) is 0 Å². The van der Waals surface area contributed by atoms with Gasteiger partial charge in [-0.05, 0) is 12.5 Å². The zero-order valence-corrected chi connectivity index (χ0v) is 12.1. The van der Waals surface area contributed by atoms with Crippen molar-refractivity contribution in [2.45, 2.75) is 32.9 Å². The summed E-state index contributed by atoms with van der Waals surface area (Å²) >= 11 is 0. The lowest BCUT2D eigenvalue weighted by Crippen LogP contribution is -2.20. The molecule has 0 amide bonds. The van der Waals surface area contributed by atoms with E-state index in [4.69, 9.17) is 4.74 Å². The fourth-order valence-electron chi connectivity index (χ4n) is 2.30. The second-order valence-electron chi connectivity index (χ2n) is 4.90. The highest BCUT2D eigenvalue weighted by Crippen LogP contribution is 2.11. The molecule has 21 heavy (non-hydrogen) atoms. The minimum absolute atomic E-state index is 0.0425. The van der Waals surface area contributed by atoms with Gasteiger partial charge in [-0.3, -0.25) is 4.79 Å². The average Bonchev–Trinajstić information content (AvgIpc) is 2.90. The van der Waals surface area contributed by atoms with Crippen LogP contribution in [0.25, 0.3) is 16.7 Å². The van der Waals surface area contributed by atoms with E-state index in [2.05, 4.69) is 22.0 Å². The number of ether oxygens (including phenoxy) is 1. The molecule has 0 radical (unpaired) electrons. The molecule has 0 fully saturated rings. The smallest absolute Gasteiger partial charge is 0.261 e. The minimum atomic E-state index is -0.0425. The number of fused-ring (bicyclic) bond motifs is 3. The Labute approximate surface area is 121 Å². The van der Waals surface area contributed by atoms with Crippen LogP contribution in [0.15, 0.2) is 23.3 Å². The van der Waals surface area contributed by atoms with Crippen LogP contribution in [0.1, 0.15) is 25.6 Å². The lowest BCUT2D eigenvalue weighted by molar-refractivity contribution is 0.178. The Balaban J connectivity index is 2.17. The van der Waals surface area contributed by atoms with Gasteiger partial charge in [0.25, 0.3) is 11.3 Å². The number of nitrogens with zero attached hydrogens (tertiary/aromatic N) is 5. The van der Waals surface area contributed by atoms with Gasteiger partial charge in [0.15, 0.2) is 5.82 Å². The number of unbranched alkanes of at least 4 members (excludes halogenated alkanes) is 1. The number of hydrogen-bond acceptors (Lipinski definition) is 5. The summed E-state index contributed by atoms with van der Waals surface area (Å²) in [5, 5.41) is 4.88. The van der Waals surface area contributed by atoms with Crippen molar-refractivity contribution >= 4 is 16.7 Å². The number of aryl methyl sites for hydroxylation is 1. The van der Waals surface area contributed by atoms with Crippen molar-refractivity contribution in [3.8, 4) is 0 Å². The monoisotopic (exact) mass is 287 g/mol. The van der Waals surface area contributed by atoms with Gasteiger partial charge in [0, 0.05) is 26.0 Å². The SMILES string of the molecule is CCCCn1ccc2c(cnc3nc(COC)nn32)c1=O. The fraction of sp³-hybridized carbons (Fsp3) is 0.429. The summed E-state index contributed by atoms with van der Waals surface area (Å²) in [5.41, 5.74) is 0.673. The van der Waals surface area contributed by atoms with E-state index in [-0.39, 0.29) is 5.56 Å². The Hall–Kier alpha value is -2.28. The summed E-state index contributed by atoms with van der Waals surface area (Å²) < 4.78 is 8.33. The van der Waals surface area contributed by atoms with Gasteiger partial charge in [0.1, 0.15) is 6.61 Å². The number of pyridine rings is 1. The first kappa shape index (κ1) is 13.7. The van der Waals surface area contributed by atoms with Gasteiger partial charge < -0.3 is 9.30 Å². The number of hydrogen-bond donors (Lipinski definition) is 0. The fourth-order valence-corrected chi connectivity index (χ4v) is 2.30. The molecule has 3 aromatic rings. The van der Waals surface area contributed by atoms with E-state index >= 15 is 0 Å². The molecule has 0 aliphatic carbocycles. The summed E-state index contributed by atoms with van der Waals surface area (Å²) in [7, 11) is 1.59. The Kier molecular flexibility index (Phi) is 3.66. The highest BCUT2D eigenvalue weighted by molar-refractivity contribution is 5.78. The molecule has 0 saturated heterocycles. The minimum Gasteiger partial charge on any atom is -0.377 e. The third kappa shape index (κ3) is 2.40. The van der Waals surface area contributed by atoms with Gasteiger partial charge >= 0.3 is 0 Å². The van der Waals surface area contributed by atoms with E-state index in [0.717, 1.165) is 19.4 Å². The summed E-state index contributed by atoms with van der Waals surface area (Å²) in [5.74, 6) is 1.02. The molecule has 7 heteroatoms. The highest BCUT2D eigenvalue weighted by atomic mass is 16.5. The third-order valence-corrected chi connectivity index (χ3v) is 3.38. The van der Waals surface area contributed by atoms with Crippen LogP contribution >= 0.6 is 0 Å². The van der Waals surface area contributed by atoms with Crippen molar-refractivity contribution in [2.24, 2.45) is 0 Å². The topological polar surface area (TPSA) is 74.3 Å². The zero-order valence-electron chi connectivity index (χ0n) is 12.1. The Morgan fingerprint density at radius 3 is 3.00 bits per heavy atom. The number of methoxy groups -OCH3 is 1. The second-order valence-corrected chi connectivity index (χ2v) is 4.90. The molecule has 110 valence electrons. The van der Waals surface area contributed by atoms with Crippen molar-refractivity contribution in [1.29, 1.82) is 0 Å². The van der Waals surface area contributed by atoms with Crippen molar-refractivity contribution < 1.29 is 4.74 Å². The van der Waals surface area contributed by atoms with E-state index in [1.807, 2.05) is 6.07 Å². The second kappa shape index (κ2) is 5.61. The molecule has 0 aromatic carbocycles. The molecular formula is C14H17N5O2. The van der Waals surface area contributed by atoms with Crippen LogP contribution in [0, 0.1) is 0 Å². The lowest BCUT2D eigenvalue weighted by Gasteiger charge is -2.06. The molecule has 3 heterocycles. The average molecular weight is 287 g/mol. The summed E-state index contributed by atoms with van der Waals surface area (Å²) in [6.07, 6.45) is 5.39. The van der Waals surface area contributed by atoms with E-state index in [1.165, 1.54) is 0 Å². The third-order valence-electron chi connectivity index (χ3n) is 3.38. The van der Waals surface area contributed by atoms with Crippen molar-refractivity contribution in [3.05, 3.63) is 34.6 Å². The number of rotatable bonds is 5. The first-order valence-corrected chi connectivity index (χ1v) is 6.97. The Morgan fingerprint density at radius 1 is 1.38 bits per heavy atom. The molecule has 0 saturated carbocycles. The maximum atomic E-state index is 12.4. The van der Waals surface area contributed by atoms with Crippen LogP contribution < -0.4 is 5.56 Å². The van der Waals surface area contributed by atoms with Crippen molar-refractivity contribution in [2.75, 3.05) is 7.11 Å². The first-order chi connectivity index (χ1) is 10.2. The molecule has 0 atom stereocenters. The van der Waals surface area contributed by atoms with Crippen molar-refractivity contribution in [1.82, 2.24) is 24.1 Å². The van der Waals surface area contributed by atoms with Crippen molar-refractivity contribution in [3.63, 3.8) is 0 Å². The molecule has 3 rings (SSSR count). The molecule has 0 aliphatic heterocycles. The molecule has 0 bridgehead atoms. The molecule has 0 unspecified atom stereocenters. The van der Waals surface area contributed by atoms with E-state index < -0.39 is 0 Å². The molecule has 0 spiro atoms. The predicted molar refractivity (Wildman–Crippen MR) is 78.2 cm³/mol. The van der Waals surface area contributed by atoms with Crippen LogP contribution in [-0.2, 0) is 17.9 Å². The molecular weight excluding hydrogens is 270 g/mol. The molecule has 3 aromatic heterocycles. The predicted octanol–water partition coefficient (Wildman–Crippen LogP) is 1.39. The van der Waals surface area contributed by atoms with Gasteiger partial charge in [-0.2, -0.15) is 9.50 Å². The summed E-state index contributed by atoms with van der Waals surface area (Å²) in [6, 6.07) is 1.88. The first-order valence-electron chi connectivity index (χ1n) is 6.97. The zero-order chi connectivity index (χ0) is 14.8. The normalized spacial score (nSPS) is 11.5. The Bertz CT molecular complexity index is 836. The maximum absolute atomic E-state index is 12.4. The number of aromatic nitrogens is 5. The summed E-state index contributed by atoms with van der Waals surface area (Å²) in [6.45, 7) is 3.14. The highest BCUT2D eigenvalue weighted by Gasteiger charge is 2.11. The summed E-state index contributed by atoms with van der Waals surface area (Å²) in [4.78, 5) is 20.9.